The van der Waals surface area contributed by atoms with Gasteiger partial charge >= 0.3 is 5.97 Å². The molecule has 1 rings (SSSR count). The summed E-state index contributed by atoms with van der Waals surface area (Å²) in [7, 11) is 0. The van der Waals surface area contributed by atoms with E-state index in [9.17, 15) is 4.79 Å². The van der Waals surface area contributed by atoms with Crippen molar-refractivity contribution in [1.29, 1.82) is 0 Å². The fourth-order valence-electron chi connectivity index (χ4n) is 1.17. The molecule has 0 aliphatic rings. The Hall–Kier alpha value is -0.580. The van der Waals surface area contributed by atoms with Gasteiger partial charge in [-0.1, -0.05) is 11.6 Å². The average molecular weight is 235 g/mol. The number of rotatable bonds is 4. The van der Waals surface area contributed by atoms with Gasteiger partial charge in [-0.25, -0.2) is 0 Å². The van der Waals surface area contributed by atoms with Crippen molar-refractivity contribution in [1.82, 2.24) is 0 Å². The summed E-state index contributed by atoms with van der Waals surface area (Å²) in [6.07, 6.45) is 0.194. The molecular weight excluding hydrogens is 224 g/mol. The zero-order valence-corrected chi connectivity index (χ0v) is 9.23. The summed E-state index contributed by atoms with van der Waals surface area (Å²) in [5, 5.41) is 17.9. The molecule has 2 N–H and O–H groups in total. The normalized spacial score (nSPS) is 15.1. The van der Waals surface area contributed by atoms with Gasteiger partial charge in [0.15, 0.2) is 0 Å². The number of hydrogen-bond acceptors (Lipinski definition) is 3. The summed E-state index contributed by atoms with van der Waals surface area (Å²) >= 11 is 6.97. The molecule has 0 amide bonds. The van der Waals surface area contributed by atoms with Crippen molar-refractivity contribution < 1.29 is 15.0 Å². The molecule has 78 valence electrons. The van der Waals surface area contributed by atoms with Gasteiger partial charge in [-0.05, 0) is 25.5 Å². The van der Waals surface area contributed by atoms with E-state index < -0.39 is 11.4 Å². The molecule has 3 nitrogen and oxygen atoms in total. The van der Waals surface area contributed by atoms with Crippen LogP contribution in [-0.4, -0.2) is 22.8 Å². The molecule has 1 heterocycles. The van der Waals surface area contributed by atoms with E-state index in [-0.39, 0.29) is 13.0 Å². The van der Waals surface area contributed by atoms with Gasteiger partial charge in [0.1, 0.15) is 5.41 Å². The standard InChI is InChI=1S/C9H11ClO3S/c1-9(4-5-11,8(12)13)6-2-3-7(10)14-6/h2-3,11H,4-5H2,1H3,(H,12,13). The Bertz CT molecular complexity index is 337. The van der Waals surface area contributed by atoms with Crippen LogP contribution >= 0.6 is 22.9 Å². The molecule has 0 aromatic carbocycles. The Labute approximate surface area is 90.9 Å². The first kappa shape index (κ1) is 11.5. The van der Waals surface area contributed by atoms with E-state index in [0.717, 1.165) is 0 Å². The summed E-state index contributed by atoms with van der Waals surface area (Å²) in [6, 6.07) is 3.36. The first-order chi connectivity index (χ1) is 6.50. The monoisotopic (exact) mass is 234 g/mol. The van der Waals surface area contributed by atoms with Gasteiger partial charge in [0.25, 0.3) is 0 Å². The van der Waals surface area contributed by atoms with E-state index in [2.05, 4.69) is 0 Å². The number of carboxylic acid groups (broad SMARTS) is 1. The van der Waals surface area contributed by atoms with Crippen molar-refractivity contribution in [2.24, 2.45) is 0 Å². The van der Waals surface area contributed by atoms with E-state index in [0.29, 0.717) is 9.21 Å². The van der Waals surface area contributed by atoms with Gasteiger partial charge in [0.2, 0.25) is 0 Å². The lowest BCUT2D eigenvalue weighted by Gasteiger charge is -2.21. The summed E-state index contributed by atoms with van der Waals surface area (Å²) in [5.74, 6) is -0.940. The van der Waals surface area contributed by atoms with Crippen LogP contribution in [0.25, 0.3) is 0 Å². The maximum absolute atomic E-state index is 11.1. The average Bonchev–Trinajstić information content (AvgIpc) is 2.52. The molecule has 0 spiro atoms. The van der Waals surface area contributed by atoms with Crippen LogP contribution in [0.1, 0.15) is 18.2 Å². The van der Waals surface area contributed by atoms with E-state index in [1.54, 1.807) is 19.1 Å². The molecule has 0 aliphatic carbocycles. The lowest BCUT2D eigenvalue weighted by molar-refractivity contribution is -0.143. The number of hydrogen-bond donors (Lipinski definition) is 2. The number of aliphatic carboxylic acids is 1. The molecule has 0 fully saturated rings. The lowest BCUT2D eigenvalue weighted by atomic mass is 9.85. The van der Waals surface area contributed by atoms with Gasteiger partial charge < -0.3 is 10.2 Å². The summed E-state index contributed by atoms with van der Waals surface area (Å²) < 4.78 is 0.561. The Morgan fingerprint density at radius 3 is 2.64 bits per heavy atom. The second-order valence-electron chi connectivity index (χ2n) is 3.21. The molecule has 0 aliphatic heterocycles. The molecule has 0 bridgehead atoms. The van der Waals surface area contributed by atoms with Crippen molar-refractivity contribution in [3.05, 3.63) is 21.3 Å². The van der Waals surface area contributed by atoms with Crippen LogP contribution in [-0.2, 0) is 10.2 Å². The Morgan fingerprint density at radius 2 is 2.29 bits per heavy atom. The highest BCUT2D eigenvalue weighted by molar-refractivity contribution is 7.16. The molecule has 0 saturated heterocycles. The number of aliphatic hydroxyl groups is 1. The van der Waals surface area contributed by atoms with E-state index >= 15 is 0 Å². The number of aliphatic hydroxyl groups excluding tert-OH is 1. The Balaban J connectivity index is 3.05. The molecule has 0 saturated carbocycles. The third-order valence-corrected chi connectivity index (χ3v) is 3.70. The fourth-order valence-corrected chi connectivity index (χ4v) is 2.38. The largest absolute Gasteiger partial charge is 0.481 e. The van der Waals surface area contributed by atoms with E-state index in [1.165, 1.54) is 11.3 Å². The van der Waals surface area contributed by atoms with Crippen molar-refractivity contribution in [3.8, 4) is 0 Å². The quantitative estimate of drug-likeness (QED) is 0.839. The SMILES string of the molecule is CC(CCO)(C(=O)O)c1ccc(Cl)s1. The maximum atomic E-state index is 11.1. The molecular formula is C9H11ClO3S. The maximum Gasteiger partial charge on any atom is 0.314 e. The predicted octanol–water partition coefficient (Wildman–Crippen LogP) is 2.13. The van der Waals surface area contributed by atoms with Crippen LogP contribution in [0, 0.1) is 0 Å². The van der Waals surface area contributed by atoms with Gasteiger partial charge in [0, 0.05) is 11.5 Å². The van der Waals surface area contributed by atoms with E-state index in [1.807, 2.05) is 0 Å². The number of thiophene rings is 1. The molecule has 5 heteroatoms. The van der Waals surface area contributed by atoms with Crippen molar-refractivity contribution in [2.75, 3.05) is 6.61 Å². The minimum Gasteiger partial charge on any atom is -0.481 e. The fraction of sp³-hybridized carbons (Fsp3) is 0.444. The zero-order valence-electron chi connectivity index (χ0n) is 7.66. The van der Waals surface area contributed by atoms with Crippen LogP contribution in [0.3, 0.4) is 0 Å². The summed E-state index contributed by atoms with van der Waals surface area (Å²) in [5.41, 5.74) is -1.04. The minimum absolute atomic E-state index is 0.154. The Morgan fingerprint density at radius 1 is 1.64 bits per heavy atom. The van der Waals surface area contributed by atoms with Crippen LogP contribution < -0.4 is 0 Å². The molecule has 1 aromatic rings. The topological polar surface area (TPSA) is 57.5 Å². The van der Waals surface area contributed by atoms with Crippen molar-refractivity contribution in [3.63, 3.8) is 0 Å². The first-order valence-corrected chi connectivity index (χ1v) is 5.30. The van der Waals surface area contributed by atoms with E-state index in [4.69, 9.17) is 21.8 Å². The first-order valence-electron chi connectivity index (χ1n) is 4.11. The molecule has 1 atom stereocenters. The second kappa shape index (κ2) is 4.29. The molecule has 14 heavy (non-hydrogen) atoms. The van der Waals surface area contributed by atoms with Gasteiger partial charge in [-0.15, -0.1) is 11.3 Å². The van der Waals surface area contributed by atoms with Gasteiger partial charge in [-0.3, -0.25) is 4.79 Å². The lowest BCUT2D eigenvalue weighted by Crippen LogP contribution is -2.32. The third-order valence-electron chi connectivity index (χ3n) is 2.20. The molecule has 1 aromatic heterocycles. The molecule has 0 radical (unpaired) electrons. The number of carboxylic acids is 1. The van der Waals surface area contributed by atoms with Crippen LogP contribution in [0.15, 0.2) is 12.1 Å². The predicted molar refractivity (Wildman–Crippen MR) is 56.0 cm³/mol. The zero-order chi connectivity index (χ0) is 10.8. The van der Waals surface area contributed by atoms with Crippen LogP contribution in [0.5, 0.6) is 0 Å². The highest BCUT2D eigenvalue weighted by atomic mass is 35.5. The number of carbonyl (C=O) groups is 1. The van der Waals surface area contributed by atoms with Crippen LogP contribution in [0.2, 0.25) is 4.34 Å². The summed E-state index contributed by atoms with van der Waals surface area (Å²) in [4.78, 5) is 11.7. The minimum atomic E-state index is -1.04. The Kier molecular flexibility index (Phi) is 3.53. The molecule has 1 unspecified atom stereocenters. The highest BCUT2D eigenvalue weighted by Gasteiger charge is 2.35. The summed E-state index contributed by atoms with van der Waals surface area (Å²) in [6.45, 7) is 1.44. The third kappa shape index (κ3) is 2.08. The second-order valence-corrected chi connectivity index (χ2v) is 4.93. The van der Waals surface area contributed by atoms with Crippen molar-refractivity contribution >= 4 is 28.9 Å². The van der Waals surface area contributed by atoms with Crippen molar-refractivity contribution in [2.45, 2.75) is 18.8 Å². The van der Waals surface area contributed by atoms with Gasteiger partial charge in [-0.2, -0.15) is 0 Å². The van der Waals surface area contributed by atoms with Crippen LogP contribution in [0.4, 0.5) is 0 Å². The smallest absolute Gasteiger partial charge is 0.314 e. The highest BCUT2D eigenvalue weighted by Crippen LogP contribution is 2.35. The van der Waals surface area contributed by atoms with Gasteiger partial charge in [0.05, 0.1) is 4.34 Å². The number of halogens is 1.